The second-order valence-electron chi connectivity index (χ2n) is 4.25. The van der Waals surface area contributed by atoms with Crippen LogP contribution >= 0.6 is 0 Å². The van der Waals surface area contributed by atoms with Gasteiger partial charge in [0, 0.05) is 25.8 Å². The highest BCUT2D eigenvalue weighted by atomic mass is 15.1. The molecule has 1 aromatic heterocycles. The molecule has 0 aliphatic carbocycles. The van der Waals surface area contributed by atoms with Gasteiger partial charge in [-0.25, -0.2) is 0 Å². The first-order chi connectivity index (χ1) is 7.74. The Balaban J connectivity index is 2.28. The van der Waals surface area contributed by atoms with Gasteiger partial charge in [-0.15, -0.1) is 0 Å². The minimum Gasteiger partial charge on any atom is -0.315 e. The molecular formula is C13H23N3. The maximum absolute atomic E-state index is 4.40. The number of nitrogens with one attached hydrogen (secondary N) is 1. The van der Waals surface area contributed by atoms with E-state index in [2.05, 4.69) is 42.2 Å². The molecule has 1 aromatic rings. The van der Waals surface area contributed by atoms with Crippen molar-refractivity contribution in [1.82, 2.24) is 15.2 Å². The molecule has 0 spiro atoms. The van der Waals surface area contributed by atoms with Gasteiger partial charge in [0.15, 0.2) is 0 Å². The molecule has 0 saturated carbocycles. The minimum absolute atomic E-state index is 0.931. The normalized spacial score (nSPS) is 11.0. The molecule has 0 atom stereocenters. The van der Waals surface area contributed by atoms with E-state index >= 15 is 0 Å². The Morgan fingerprint density at radius 3 is 2.88 bits per heavy atom. The molecule has 1 N–H and O–H groups in total. The van der Waals surface area contributed by atoms with Crippen molar-refractivity contribution < 1.29 is 0 Å². The summed E-state index contributed by atoms with van der Waals surface area (Å²) in [6.07, 6.45) is 3.06. The second kappa shape index (κ2) is 7.36. The van der Waals surface area contributed by atoms with Gasteiger partial charge in [-0.3, -0.25) is 9.88 Å². The summed E-state index contributed by atoms with van der Waals surface area (Å²) in [5.74, 6) is 0. The molecule has 0 unspecified atom stereocenters. The van der Waals surface area contributed by atoms with Gasteiger partial charge in [0.2, 0.25) is 0 Å². The quantitative estimate of drug-likeness (QED) is 0.712. The number of aromatic nitrogens is 1. The van der Waals surface area contributed by atoms with E-state index in [1.807, 2.05) is 12.3 Å². The van der Waals surface area contributed by atoms with Crippen LogP contribution in [0.2, 0.25) is 0 Å². The van der Waals surface area contributed by atoms with Gasteiger partial charge < -0.3 is 5.32 Å². The number of hydrogen-bond donors (Lipinski definition) is 1. The molecule has 0 aromatic carbocycles. The molecule has 1 rings (SSSR count). The fraction of sp³-hybridized carbons (Fsp3) is 0.615. The SMILES string of the molecule is CCCNCCN(C)Cc1ncccc1C. The van der Waals surface area contributed by atoms with Crippen LogP contribution in [0, 0.1) is 6.92 Å². The molecule has 0 radical (unpaired) electrons. The monoisotopic (exact) mass is 221 g/mol. The highest BCUT2D eigenvalue weighted by Crippen LogP contribution is 2.05. The highest BCUT2D eigenvalue weighted by Gasteiger charge is 2.03. The predicted molar refractivity (Wildman–Crippen MR) is 68.5 cm³/mol. The molecule has 3 nitrogen and oxygen atoms in total. The Kier molecular flexibility index (Phi) is 6.04. The second-order valence-corrected chi connectivity index (χ2v) is 4.25. The summed E-state index contributed by atoms with van der Waals surface area (Å²) in [4.78, 5) is 6.70. The molecule has 3 heteroatoms. The van der Waals surface area contributed by atoms with E-state index in [0.717, 1.165) is 26.2 Å². The topological polar surface area (TPSA) is 28.2 Å². The first kappa shape index (κ1) is 13.1. The van der Waals surface area contributed by atoms with E-state index in [4.69, 9.17) is 0 Å². The summed E-state index contributed by atoms with van der Waals surface area (Å²) in [5, 5.41) is 3.40. The van der Waals surface area contributed by atoms with Crippen LogP contribution in [0.5, 0.6) is 0 Å². The molecule has 16 heavy (non-hydrogen) atoms. The average Bonchev–Trinajstić information content (AvgIpc) is 2.28. The molecule has 0 saturated heterocycles. The summed E-state index contributed by atoms with van der Waals surface area (Å²) in [5.41, 5.74) is 2.45. The number of nitrogens with zero attached hydrogens (tertiary/aromatic N) is 2. The Morgan fingerprint density at radius 2 is 2.19 bits per heavy atom. The fourth-order valence-electron chi connectivity index (χ4n) is 1.59. The maximum atomic E-state index is 4.40. The Morgan fingerprint density at radius 1 is 1.38 bits per heavy atom. The summed E-state index contributed by atoms with van der Waals surface area (Å²) in [6.45, 7) is 8.46. The maximum Gasteiger partial charge on any atom is 0.0572 e. The minimum atomic E-state index is 0.931. The zero-order chi connectivity index (χ0) is 11.8. The van der Waals surface area contributed by atoms with E-state index in [0.29, 0.717) is 0 Å². The zero-order valence-corrected chi connectivity index (χ0v) is 10.7. The number of pyridine rings is 1. The molecule has 0 aliphatic rings. The third kappa shape index (κ3) is 4.73. The number of likely N-dealkylation sites (N-methyl/N-ethyl adjacent to an activating group) is 1. The van der Waals surface area contributed by atoms with E-state index < -0.39 is 0 Å². The molecular weight excluding hydrogens is 198 g/mol. The van der Waals surface area contributed by atoms with Crippen molar-refractivity contribution in [3.05, 3.63) is 29.6 Å². The summed E-state index contributed by atoms with van der Waals surface area (Å²) < 4.78 is 0. The summed E-state index contributed by atoms with van der Waals surface area (Å²) in [7, 11) is 2.14. The Bertz CT molecular complexity index is 299. The molecule has 90 valence electrons. The number of rotatable bonds is 7. The lowest BCUT2D eigenvalue weighted by molar-refractivity contribution is 0.320. The van der Waals surface area contributed by atoms with Crippen molar-refractivity contribution in [3.8, 4) is 0 Å². The lowest BCUT2D eigenvalue weighted by atomic mass is 10.2. The Hall–Kier alpha value is -0.930. The van der Waals surface area contributed by atoms with Gasteiger partial charge in [0.05, 0.1) is 5.69 Å². The van der Waals surface area contributed by atoms with Crippen molar-refractivity contribution >= 4 is 0 Å². The first-order valence-electron chi connectivity index (χ1n) is 6.03. The lowest BCUT2D eigenvalue weighted by Crippen LogP contribution is -2.29. The van der Waals surface area contributed by atoms with E-state index in [-0.39, 0.29) is 0 Å². The fourth-order valence-corrected chi connectivity index (χ4v) is 1.59. The molecule has 0 amide bonds. The van der Waals surface area contributed by atoms with Crippen molar-refractivity contribution in [2.24, 2.45) is 0 Å². The Labute approximate surface area is 98.9 Å². The van der Waals surface area contributed by atoms with Crippen molar-refractivity contribution in [1.29, 1.82) is 0 Å². The van der Waals surface area contributed by atoms with Crippen LogP contribution in [0.4, 0.5) is 0 Å². The zero-order valence-electron chi connectivity index (χ0n) is 10.7. The number of hydrogen-bond acceptors (Lipinski definition) is 3. The van der Waals surface area contributed by atoms with Crippen molar-refractivity contribution in [2.75, 3.05) is 26.7 Å². The number of aryl methyl sites for hydroxylation is 1. The van der Waals surface area contributed by atoms with Crippen LogP contribution in [-0.4, -0.2) is 36.6 Å². The van der Waals surface area contributed by atoms with Crippen LogP contribution in [0.15, 0.2) is 18.3 Å². The van der Waals surface area contributed by atoms with Crippen molar-refractivity contribution in [3.63, 3.8) is 0 Å². The van der Waals surface area contributed by atoms with Crippen LogP contribution in [0.3, 0.4) is 0 Å². The van der Waals surface area contributed by atoms with Gasteiger partial charge in [-0.05, 0) is 38.6 Å². The molecule has 0 bridgehead atoms. The highest BCUT2D eigenvalue weighted by molar-refractivity contribution is 5.17. The standard InChI is InChI=1S/C13H23N3/c1-4-7-14-9-10-16(3)11-13-12(2)6-5-8-15-13/h5-6,8,14H,4,7,9-11H2,1-3H3. The smallest absolute Gasteiger partial charge is 0.0572 e. The molecule has 0 aliphatic heterocycles. The predicted octanol–water partition coefficient (Wildman–Crippen LogP) is 1.82. The van der Waals surface area contributed by atoms with Crippen molar-refractivity contribution in [2.45, 2.75) is 26.8 Å². The van der Waals surface area contributed by atoms with Gasteiger partial charge >= 0.3 is 0 Å². The van der Waals surface area contributed by atoms with Gasteiger partial charge in [-0.2, -0.15) is 0 Å². The van der Waals surface area contributed by atoms with Crippen LogP contribution in [0.1, 0.15) is 24.6 Å². The summed E-state index contributed by atoms with van der Waals surface area (Å²) >= 11 is 0. The summed E-state index contributed by atoms with van der Waals surface area (Å²) in [6, 6.07) is 4.10. The molecule has 0 fully saturated rings. The first-order valence-corrected chi connectivity index (χ1v) is 6.03. The van der Waals surface area contributed by atoms with Gasteiger partial charge in [0.1, 0.15) is 0 Å². The van der Waals surface area contributed by atoms with Gasteiger partial charge in [-0.1, -0.05) is 13.0 Å². The average molecular weight is 221 g/mol. The van der Waals surface area contributed by atoms with Crippen LogP contribution in [-0.2, 0) is 6.54 Å². The third-order valence-corrected chi connectivity index (χ3v) is 2.63. The van der Waals surface area contributed by atoms with E-state index in [1.165, 1.54) is 17.7 Å². The lowest BCUT2D eigenvalue weighted by Gasteiger charge is -2.17. The van der Waals surface area contributed by atoms with Crippen LogP contribution in [0.25, 0.3) is 0 Å². The van der Waals surface area contributed by atoms with Crippen LogP contribution < -0.4 is 5.32 Å². The van der Waals surface area contributed by atoms with E-state index in [1.54, 1.807) is 0 Å². The van der Waals surface area contributed by atoms with Gasteiger partial charge in [0.25, 0.3) is 0 Å². The molecule has 1 heterocycles. The third-order valence-electron chi connectivity index (χ3n) is 2.63. The largest absolute Gasteiger partial charge is 0.315 e. The van der Waals surface area contributed by atoms with E-state index in [9.17, 15) is 0 Å².